The summed E-state index contributed by atoms with van der Waals surface area (Å²) in [5.74, 6) is 0.878. The van der Waals surface area contributed by atoms with Crippen LogP contribution in [-0.4, -0.2) is 7.11 Å². The van der Waals surface area contributed by atoms with E-state index in [1.54, 1.807) is 7.11 Å². The van der Waals surface area contributed by atoms with Crippen LogP contribution in [0.25, 0.3) is 11.6 Å². The Morgan fingerprint density at radius 1 is 0.708 bits per heavy atom. The van der Waals surface area contributed by atoms with Crippen molar-refractivity contribution in [2.24, 2.45) is 0 Å². The summed E-state index contributed by atoms with van der Waals surface area (Å²) in [4.78, 5) is 0. The summed E-state index contributed by atoms with van der Waals surface area (Å²) in [6, 6.07) is 28.9. The third kappa shape index (κ3) is 3.82. The minimum absolute atomic E-state index is 0.878. The summed E-state index contributed by atoms with van der Waals surface area (Å²) in [7, 11) is 1.70. The van der Waals surface area contributed by atoms with E-state index in [-0.39, 0.29) is 0 Å². The van der Waals surface area contributed by atoms with Crippen LogP contribution in [0, 0.1) is 0 Å². The topological polar surface area (TPSA) is 9.23 Å². The Morgan fingerprint density at radius 2 is 1.25 bits per heavy atom. The van der Waals surface area contributed by atoms with Crippen molar-refractivity contribution in [3.63, 3.8) is 0 Å². The van der Waals surface area contributed by atoms with E-state index in [1.165, 1.54) is 16.7 Å². The van der Waals surface area contributed by atoms with Gasteiger partial charge in [0.25, 0.3) is 0 Å². The summed E-state index contributed by atoms with van der Waals surface area (Å²) < 4.78 is 5.40. The molecule has 0 atom stereocenters. The number of methoxy groups -OCH3 is 1. The summed E-state index contributed by atoms with van der Waals surface area (Å²) in [5.41, 5.74) is 4.67. The second kappa shape index (κ2) is 7.98. The minimum atomic E-state index is 0.878. The van der Waals surface area contributed by atoms with Crippen molar-refractivity contribution in [2.75, 3.05) is 7.11 Å². The van der Waals surface area contributed by atoms with Crippen LogP contribution in [0.4, 0.5) is 0 Å². The van der Waals surface area contributed by atoms with Crippen LogP contribution < -0.4 is 4.74 Å². The van der Waals surface area contributed by atoms with Crippen molar-refractivity contribution in [1.29, 1.82) is 0 Å². The lowest BCUT2D eigenvalue weighted by molar-refractivity contribution is 0.414. The van der Waals surface area contributed by atoms with Crippen LogP contribution in [0.3, 0.4) is 0 Å². The van der Waals surface area contributed by atoms with Crippen molar-refractivity contribution >= 4 is 11.6 Å². The molecule has 1 heteroatoms. The first kappa shape index (κ1) is 15.8. The second-order valence-electron chi connectivity index (χ2n) is 5.41. The van der Waals surface area contributed by atoms with Gasteiger partial charge in [-0.2, -0.15) is 0 Å². The van der Waals surface area contributed by atoms with Crippen LogP contribution >= 0.6 is 0 Å². The average molecular weight is 312 g/mol. The Morgan fingerprint density at radius 3 is 1.83 bits per heavy atom. The molecular formula is C23H20O. The number of allylic oxidation sites excluding steroid dienone is 2. The molecule has 0 fully saturated rings. The van der Waals surface area contributed by atoms with Gasteiger partial charge in [0.15, 0.2) is 0 Å². The van der Waals surface area contributed by atoms with E-state index in [1.807, 2.05) is 36.4 Å². The molecule has 3 aromatic carbocycles. The molecule has 0 saturated heterocycles. The van der Waals surface area contributed by atoms with Crippen molar-refractivity contribution in [3.8, 4) is 5.75 Å². The molecule has 0 aliphatic heterocycles. The predicted octanol–water partition coefficient (Wildman–Crippen LogP) is 5.84. The molecule has 0 radical (unpaired) electrons. The van der Waals surface area contributed by atoms with Gasteiger partial charge in [0.05, 0.1) is 7.11 Å². The van der Waals surface area contributed by atoms with E-state index in [0.29, 0.717) is 0 Å². The molecule has 3 rings (SSSR count). The molecule has 0 amide bonds. The number of ether oxygens (including phenoxy) is 1. The monoisotopic (exact) mass is 312 g/mol. The second-order valence-corrected chi connectivity index (χ2v) is 5.41. The highest BCUT2D eigenvalue weighted by Crippen LogP contribution is 2.24. The number of hydrogen-bond acceptors (Lipinski definition) is 1. The van der Waals surface area contributed by atoms with Crippen LogP contribution in [0.1, 0.15) is 16.7 Å². The van der Waals surface area contributed by atoms with E-state index in [9.17, 15) is 0 Å². The van der Waals surface area contributed by atoms with Crippen molar-refractivity contribution in [2.45, 2.75) is 0 Å². The van der Waals surface area contributed by atoms with Crippen LogP contribution in [0.2, 0.25) is 0 Å². The molecule has 0 aromatic heterocycles. The maximum atomic E-state index is 5.40. The average Bonchev–Trinajstić information content (AvgIpc) is 2.67. The van der Waals surface area contributed by atoms with Gasteiger partial charge in [-0.15, -0.1) is 0 Å². The maximum Gasteiger partial charge on any atom is 0.126 e. The number of benzene rings is 3. The van der Waals surface area contributed by atoms with Crippen molar-refractivity contribution in [3.05, 3.63) is 114 Å². The molecule has 0 saturated carbocycles. The van der Waals surface area contributed by atoms with Gasteiger partial charge in [-0.1, -0.05) is 97.1 Å². The summed E-state index contributed by atoms with van der Waals surface area (Å²) >= 11 is 0. The number of rotatable bonds is 5. The van der Waals surface area contributed by atoms with E-state index in [2.05, 4.69) is 66.8 Å². The maximum absolute atomic E-state index is 5.40. The third-order valence-corrected chi connectivity index (χ3v) is 3.85. The van der Waals surface area contributed by atoms with Gasteiger partial charge >= 0.3 is 0 Å². The van der Waals surface area contributed by atoms with E-state index in [0.717, 1.165) is 11.3 Å². The lowest BCUT2D eigenvalue weighted by Crippen LogP contribution is -1.87. The Kier molecular flexibility index (Phi) is 5.26. The Balaban J connectivity index is 1.97. The van der Waals surface area contributed by atoms with Crippen LogP contribution in [0.15, 0.2) is 97.1 Å². The Bertz CT molecular complexity index is 789. The Hall–Kier alpha value is -3.06. The minimum Gasteiger partial charge on any atom is -0.496 e. The highest BCUT2D eigenvalue weighted by Gasteiger charge is 2.03. The summed E-state index contributed by atoms with van der Waals surface area (Å²) in [6.07, 6.45) is 6.30. The molecule has 0 spiro atoms. The molecule has 0 aliphatic carbocycles. The number of para-hydroxylation sites is 1. The Labute approximate surface area is 143 Å². The number of hydrogen-bond donors (Lipinski definition) is 0. The van der Waals surface area contributed by atoms with Gasteiger partial charge < -0.3 is 4.74 Å². The highest BCUT2D eigenvalue weighted by atomic mass is 16.5. The molecular weight excluding hydrogens is 292 g/mol. The first-order valence-electron chi connectivity index (χ1n) is 8.01. The van der Waals surface area contributed by atoms with Crippen molar-refractivity contribution in [1.82, 2.24) is 0 Å². The molecule has 0 aliphatic rings. The molecule has 3 aromatic rings. The molecule has 0 heterocycles. The zero-order valence-electron chi connectivity index (χ0n) is 13.7. The van der Waals surface area contributed by atoms with Gasteiger partial charge in [0.1, 0.15) is 5.75 Å². The third-order valence-electron chi connectivity index (χ3n) is 3.85. The standard InChI is InChI=1S/C23H20O/c1-24-23-18-9-8-15-21(23)16-10-17-22(19-11-4-2-5-12-19)20-13-6-3-7-14-20/h2-18H,1H3. The fourth-order valence-corrected chi connectivity index (χ4v) is 2.65. The SMILES string of the molecule is COc1ccccc1C=CC=C(c1ccccc1)c1ccccc1. The molecule has 0 bridgehead atoms. The fourth-order valence-electron chi connectivity index (χ4n) is 2.65. The van der Waals surface area contributed by atoms with E-state index >= 15 is 0 Å². The normalized spacial score (nSPS) is 10.5. The molecule has 118 valence electrons. The smallest absolute Gasteiger partial charge is 0.126 e. The highest BCUT2D eigenvalue weighted by molar-refractivity contribution is 5.81. The summed E-state index contributed by atoms with van der Waals surface area (Å²) in [6.45, 7) is 0. The molecule has 24 heavy (non-hydrogen) atoms. The fraction of sp³-hybridized carbons (Fsp3) is 0.0435. The van der Waals surface area contributed by atoms with Gasteiger partial charge in [-0.05, 0) is 22.8 Å². The van der Waals surface area contributed by atoms with Gasteiger partial charge in [0, 0.05) is 5.56 Å². The van der Waals surface area contributed by atoms with Gasteiger partial charge in [-0.25, -0.2) is 0 Å². The van der Waals surface area contributed by atoms with Crippen LogP contribution in [0.5, 0.6) is 5.75 Å². The molecule has 1 nitrogen and oxygen atoms in total. The van der Waals surface area contributed by atoms with E-state index < -0.39 is 0 Å². The summed E-state index contributed by atoms with van der Waals surface area (Å²) in [5, 5.41) is 0. The zero-order chi connectivity index (χ0) is 16.6. The van der Waals surface area contributed by atoms with Gasteiger partial charge in [-0.3, -0.25) is 0 Å². The van der Waals surface area contributed by atoms with Crippen molar-refractivity contribution < 1.29 is 4.74 Å². The quantitative estimate of drug-likeness (QED) is 0.538. The molecule has 0 unspecified atom stereocenters. The lowest BCUT2D eigenvalue weighted by atomic mass is 9.97. The largest absolute Gasteiger partial charge is 0.496 e. The van der Waals surface area contributed by atoms with E-state index in [4.69, 9.17) is 4.74 Å². The molecule has 0 N–H and O–H groups in total. The predicted molar refractivity (Wildman–Crippen MR) is 102 cm³/mol. The first-order valence-corrected chi connectivity index (χ1v) is 8.01. The zero-order valence-corrected chi connectivity index (χ0v) is 13.7. The van der Waals surface area contributed by atoms with Gasteiger partial charge in [0.2, 0.25) is 0 Å². The lowest BCUT2D eigenvalue weighted by Gasteiger charge is -2.07. The first-order chi connectivity index (χ1) is 11.9. The van der Waals surface area contributed by atoms with Crippen LogP contribution in [-0.2, 0) is 0 Å².